The Morgan fingerprint density at radius 2 is 2.00 bits per heavy atom. The molecule has 1 aromatic carbocycles. The molecule has 1 unspecified atom stereocenters. The van der Waals surface area contributed by atoms with Crippen LogP contribution >= 0.6 is 0 Å². The Morgan fingerprint density at radius 1 is 1.37 bits per heavy atom. The lowest BCUT2D eigenvalue weighted by Gasteiger charge is -2.13. The Morgan fingerprint density at radius 3 is 2.58 bits per heavy atom. The van der Waals surface area contributed by atoms with Crippen molar-refractivity contribution < 1.29 is 18.7 Å². The minimum atomic E-state index is -1.39. The Kier molecular flexibility index (Phi) is 6.38. The molecule has 0 aliphatic rings. The summed E-state index contributed by atoms with van der Waals surface area (Å²) in [7, 11) is 1.78. The Balaban J connectivity index is 2.47. The lowest BCUT2D eigenvalue weighted by atomic mass is 10.1. The van der Waals surface area contributed by atoms with Gasteiger partial charge in [0, 0.05) is 13.0 Å². The smallest absolute Gasteiger partial charge is 0.220 e. The van der Waals surface area contributed by atoms with Crippen LogP contribution in [0.3, 0.4) is 0 Å². The van der Waals surface area contributed by atoms with Crippen molar-refractivity contribution in [2.75, 3.05) is 20.1 Å². The quantitative estimate of drug-likeness (QED) is 0.652. The summed E-state index contributed by atoms with van der Waals surface area (Å²) in [6.07, 6.45) is -0.436. The van der Waals surface area contributed by atoms with Crippen LogP contribution < -0.4 is 10.6 Å². The van der Waals surface area contributed by atoms with Crippen LogP contribution in [0.1, 0.15) is 24.5 Å². The summed E-state index contributed by atoms with van der Waals surface area (Å²) < 4.78 is 26.7. The minimum absolute atomic E-state index is 0.212. The number of aliphatic hydroxyl groups is 1. The molecule has 0 fully saturated rings. The second-order valence-corrected chi connectivity index (χ2v) is 4.16. The molecule has 0 aliphatic carbocycles. The maximum Gasteiger partial charge on any atom is 0.220 e. The van der Waals surface area contributed by atoms with Crippen molar-refractivity contribution in [1.82, 2.24) is 10.6 Å². The highest BCUT2D eigenvalue weighted by Crippen LogP contribution is 2.19. The summed E-state index contributed by atoms with van der Waals surface area (Å²) >= 11 is 0. The molecule has 4 nitrogen and oxygen atoms in total. The zero-order valence-corrected chi connectivity index (χ0v) is 10.7. The number of halogens is 2. The first-order valence-corrected chi connectivity index (χ1v) is 6.09. The van der Waals surface area contributed by atoms with E-state index in [0.29, 0.717) is 19.4 Å². The first kappa shape index (κ1) is 15.5. The van der Waals surface area contributed by atoms with E-state index in [-0.39, 0.29) is 12.5 Å². The van der Waals surface area contributed by atoms with Gasteiger partial charge >= 0.3 is 0 Å². The van der Waals surface area contributed by atoms with Gasteiger partial charge in [-0.2, -0.15) is 0 Å². The van der Waals surface area contributed by atoms with Crippen LogP contribution in [0.5, 0.6) is 0 Å². The van der Waals surface area contributed by atoms with Crippen molar-refractivity contribution >= 4 is 5.91 Å². The van der Waals surface area contributed by atoms with E-state index in [1.54, 1.807) is 7.05 Å². The van der Waals surface area contributed by atoms with Crippen molar-refractivity contribution in [2.24, 2.45) is 0 Å². The van der Waals surface area contributed by atoms with Gasteiger partial charge in [-0.15, -0.1) is 0 Å². The first-order valence-electron chi connectivity index (χ1n) is 6.09. The molecule has 0 aromatic heterocycles. The maximum atomic E-state index is 13.4. The van der Waals surface area contributed by atoms with Gasteiger partial charge in [0.25, 0.3) is 0 Å². The number of amides is 1. The van der Waals surface area contributed by atoms with Crippen LogP contribution in [0.2, 0.25) is 0 Å². The van der Waals surface area contributed by atoms with Gasteiger partial charge in [-0.25, -0.2) is 8.78 Å². The average molecular weight is 272 g/mol. The van der Waals surface area contributed by atoms with Crippen LogP contribution in [0.25, 0.3) is 0 Å². The van der Waals surface area contributed by atoms with E-state index < -0.39 is 23.3 Å². The summed E-state index contributed by atoms with van der Waals surface area (Å²) in [5, 5.41) is 15.0. The lowest BCUT2D eigenvalue weighted by molar-refractivity contribution is -0.121. The highest BCUT2D eigenvalue weighted by molar-refractivity contribution is 5.75. The van der Waals surface area contributed by atoms with E-state index in [1.807, 2.05) is 0 Å². The molecule has 1 aromatic rings. The van der Waals surface area contributed by atoms with Crippen molar-refractivity contribution in [1.29, 1.82) is 0 Å². The van der Waals surface area contributed by atoms with Crippen molar-refractivity contribution in [2.45, 2.75) is 18.9 Å². The molecular formula is C13H18F2N2O2. The van der Waals surface area contributed by atoms with Crippen LogP contribution in [-0.2, 0) is 4.79 Å². The molecule has 3 N–H and O–H groups in total. The number of hydrogen-bond acceptors (Lipinski definition) is 3. The van der Waals surface area contributed by atoms with Gasteiger partial charge in [0.15, 0.2) is 0 Å². The van der Waals surface area contributed by atoms with Gasteiger partial charge < -0.3 is 15.7 Å². The number of aliphatic hydroxyl groups excluding tert-OH is 1. The first-order chi connectivity index (χ1) is 9.06. The van der Waals surface area contributed by atoms with Crippen molar-refractivity contribution in [3.63, 3.8) is 0 Å². The predicted octanol–water partition coefficient (Wildman–Crippen LogP) is 1.11. The van der Waals surface area contributed by atoms with E-state index in [2.05, 4.69) is 10.6 Å². The molecule has 6 heteroatoms. The third-order valence-corrected chi connectivity index (χ3v) is 2.66. The average Bonchev–Trinajstić information content (AvgIpc) is 2.36. The second-order valence-electron chi connectivity index (χ2n) is 4.16. The fourth-order valence-corrected chi connectivity index (χ4v) is 1.66. The molecule has 106 valence electrons. The summed E-state index contributed by atoms with van der Waals surface area (Å²) in [6.45, 7) is 0.494. The molecule has 1 amide bonds. The van der Waals surface area contributed by atoms with E-state index in [9.17, 15) is 18.7 Å². The van der Waals surface area contributed by atoms with Crippen molar-refractivity contribution in [3.8, 4) is 0 Å². The Bertz CT molecular complexity index is 407. The lowest BCUT2D eigenvalue weighted by Crippen LogP contribution is -2.29. The highest BCUT2D eigenvalue weighted by Gasteiger charge is 2.18. The molecule has 19 heavy (non-hydrogen) atoms. The number of carbonyl (C=O) groups excluding carboxylic acids is 1. The topological polar surface area (TPSA) is 61.4 Å². The van der Waals surface area contributed by atoms with Gasteiger partial charge in [-0.3, -0.25) is 4.79 Å². The maximum absolute atomic E-state index is 13.4. The van der Waals surface area contributed by atoms with Gasteiger partial charge in [-0.1, -0.05) is 6.07 Å². The third kappa shape index (κ3) is 4.92. The van der Waals surface area contributed by atoms with Crippen LogP contribution in [0.15, 0.2) is 18.2 Å². The van der Waals surface area contributed by atoms with E-state index in [4.69, 9.17) is 0 Å². The summed E-state index contributed by atoms with van der Waals surface area (Å²) in [5.41, 5.74) is -0.418. The zero-order valence-electron chi connectivity index (χ0n) is 10.7. The van der Waals surface area contributed by atoms with Gasteiger partial charge in [0.05, 0.1) is 5.56 Å². The third-order valence-electron chi connectivity index (χ3n) is 2.66. The Hall–Kier alpha value is -1.53. The molecular weight excluding hydrogens is 254 g/mol. The molecule has 0 saturated heterocycles. The number of carbonyl (C=O) groups is 1. The summed E-state index contributed by atoms with van der Waals surface area (Å²) in [6, 6.07) is 3.35. The standard InChI is InChI=1S/C13H18F2N2O2/c1-16-7-3-6-12(19)17-8-11(18)13-9(14)4-2-5-10(13)15/h2,4-5,11,16,18H,3,6-8H2,1H3,(H,17,19). The largest absolute Gasteiger partial charge is 0.386 e. The monoisotopic (exact) mass is 272 g/mol. The molecule has 0 aliphatic heterocycles. The molecule has 0 radical (unpaired) electrons. The fourth-order valence-electron chi connectivity index (χ4n) is 1.66. The van der Waals surface area contributed by atoms with E-state index in [0.717, 1.165) is 12.1 Å². The number of hydrogen-bond donors (Lipinski definition) is 3. The molecule has 0 bridgehead atoms. The van der Waals surface area contributed by atoms with Crippen LogP contribution in [-0.4, -0.2) is 31.2 Å². The normalized spacial score (nSPS) is 12.2. The molecule has 1 atom stereocenters. The highest BCUT2D eigenvalue weighted by atomic mass is 19.1. The van der Waals surface area contributed by atoms with E-state index >= 15 is 0 Å². The SMILES string of the molecule is CNCCCC(=O)NCC(O)c1c(F)cccc1F. The molecule has 0 saturated carbocycles. The van der Waals surface area contributed by atoms with Crippen LogP contribution in [0.4, 0.5) is 8.78 Å². The zero-order chi connectivity index (χ0) is 14.3. The summed E-state index contributed by atoms with van der Waals surface area (Å²) in [4.78, 5) is 11.4. The summed E-state index contributed by atoms with van der Waals surface area (Å²) in [5.74, 6) is -1.90. The minimum Gasteiger partial charge on any atom is -0.386 e. The number of nitrogens with one attached hydrogen (secondary N) is 2. The van der Waals surface area contributed by atoms with Crippen molar-refractivity contribution in [3.05, 3.63) is 35.4 Å². The fraction of sp³-hybridized carbons (Fsp3) is 0.462. The van der Waals surface area contributed by atoms with Gasteiger partial charge in [0.1, 0.15) is 17.7 Å². The number of rotatable bonds is 7. The van der Waals surface area contributed by atoms with Gasteiger partial charge in [0.2, 0.25) is 5.91 Å². The Labute approximate surface area is 110 Å². The van der Waals surface area contributed by atoms with Crippen LogP contribution in [0, 0.1) is 11.6 Å². The number of benzene rings is 1. The van der Waals surface area contributed by atoms with E-state index in [1.165, 1.54) is 6.07 Å². The van der Waals surface area contributed by atoms with Gasteiger partial charge in [-0.05, 0) is 32.1 Å². The molecule has 0 spiro atoms. The predicted molar refractivity (Wildman–Crippen MR) is 67.5 cm³/mol. The molecule has 1 rings (SSSR count). The molecule has 0 heterocycles. The second kappa shape index (κ2) is 7.81.